The lowest BCUT2D eigenvalue weighted by molar-refractivity contribution is 0.102. The molecule has 0 aromatic heterocycles. The van der Waals surface area contributed by atoms with Crippen molar-refractivity contribution < 1.29 is 4.79 Å². The molecule has 2 rings (SSSR count). The Morgan fingerprint density at radius 1 is 1.05 bits per heavy atom. The Balaban J connectivity index is 2.11. The Kier molecular flexibility index (Phi) is 4.57. The third-order valence-corrected chi connectivity index (χ3v) is 3.38. The molecule has 0 fully saturated rings. The van der Waals surface area contributed by atoms with E-state index in [1.54, 1.807) is 0 Å². The van der Waals surface area contributed by atoms with Crippen LogP contribution in [0.15, 0.2) is 42.5 Å². The molecule has 1 N–H and O–H groups in total. The molecule has 0 atom stereocenters. The van der Waals surface area contributed by atoms with Gasteiger partial charge in [-0.2, -0.15) is 0 Å². The van der Waals surface area contributed by atoms with Gasteiger partial charge in [0.15, 0.2) is 0 Å². The normalized spacial score (nSPS) is 10.3. The highest BCUT2D eigenvalue weighted by atomic mass is 16.1. The maximum absolute atomic E-state index is 12.2. The van der Waals surface area contributed by atoms with Crippen LogP contribution in [0.5, 0.6) is 0 Å². The molecular formula is C18H21NO. The molecule has 2 heteroatoms. The second-order valence-corrected chi connectivity index (χ2v) is 5.22. The summed E-state index contributed by atoms with van der Waals surface area (Å²) >= 11 is 0. The van der Waals surface area contributed by atoms with E-state index in [-0.39, 0.29) is 5.91 Å². The number of anilines is 1. The van der Waals surface area contributed by atoms with Crippen molar-refractivity contribution in [2.45, 2.75) is 33.6 Å². The largest absolute Gasteiger partial charge is 0.322 e. The second-order valence-electron chi connectivity index (χ2n) is 5.22. The number of nitrogens with one attached hydrogen (secondary N) is 1. The average molecular weight is 267 g/mol. The summed E-state index contributed by atoms with van der Waals surface area (Å²) < 4.78 is 0. The maximum Gasteiger partial charge on any atom is 0.255 e. The van der Waals surface area contributed by atoms with E-state index in [2.05, 4.69) is 24.4 Å². The third kappa shape index (κ3) is 3.47. The zero-order chi connectivity index (χ0) is 14.5. The number of carbonyl (C=O) groups is 1. The maximum atomic E-state index is 12.2. The Morgan fingerprint density at radius 3 is 2.35 bits per heavy atom. The van der Waals surface area contributed by atoms with Crippen LogP contribution in [-0.4, -0.2) is 5.91 Å². The van der Waals surface area contributed by atoms with Gasteiger partial charge in [-0.25, -0.2) is 0 Å². The molecular weight excluding hydrogens is 246 g/mol. The molecule has 0 heterocycles. The number of hydrogen-bond acceptors (Lipinski definition) is 1. The summed E-state index contributed by atoms with van der Waals surface area (Å²) in [4.78, 5) is 12.2. The molecule has 0 radical (unpaired) electrons. The van der Waals surface area contributed by atoms with Crippen molar-refractivity contribution in [1.29, 1.82) is 0 Å². The van der Waals surface area contributed by atoms with E-state index in [4.69, 9.17) is 0 Å². The fourth-order valence-corrected chi connectivity index (χ4v) is 2.31. The molecule has 2 aromatic carbocycles. The van der Waals surface area contributed by atoms with Gasteiger partial charge in [-0.3, -0.25) is 4.79 Å². The number of amides is 1. The fraction of sp³-hybridized carbons (Fsp3) is 0.278. The first kappa shape index (κ1) is 14.3. The van der Waals surface area contributed by atoms with Crippen molar-refractivity contribution >= 4 is 11.6 Å². The monoisotopic (exact) mass is 267 g/mol. The van der Waals surface area contributed by atoms with Gasteiger partial charge in [0.25, 0.3) is 5.91 Å². The Labute approximate surface area is 120 Å². The van der Waals surface area contributed by atoms with Crippen molar-refractivity contribution in [3.05, 3.63) is 64.7 Å². The topological polar surface area (TPSA) is 29.1 Å². The van der Waals surface area contributed by atoms with Crippen LogP contribution in [0.3, 0.4) is 0 Å². The van der Waals surface area contributed by atoms with E-state index in [0.29, 0.717) is 0 Å². The van der Waals surface area contributed by atoms with Crippen LogP contribution in [0.4, 0.5) is 5.69 Å². The Hall–Kier alpha value is -2.09. The molecule has 0 saturated heterocycles. The molecule has 20 heavy (non-hydrogen) atoms. The molecule has 0 aliphatic carbocycles. The lowest BCUT2D eigenvalue weighted by atomic mass is 10.0. The molecule has 0 saturated carbocycles. The van der Waals surface area contributed by atoms with Gasteiger partial charge in [0.1, 0.15) is 0 Å². The van der Waals surface area contributed by atoms with E-state index in [1.807, 2.05) is 44.2 Å². The molecule has 0 aliphatic heterocycles. The van der Waals surface area contributed by atoms with Crippen LogP contribution in [0.25, 0.3) is 0 Å². The second kappa shape index (κ2) is 6.38. The van der Waals surface area contributed by atoms with Gasteiger partial charge in [0.2, 0.25) is 0 Å². The van der Waals surface area contributed by atoms with Gasteiger partial charge >= 0.3 is 0 Å². The Bertz CT molecular complexity index is 599. The molecule has 2 nitrogen and oxygen atoms in total. The minimum atomic E-state index is -0.0502. The number of benzene rings is 2. The summed E-state index contributed by atoms with van der Waals surface area (Å²) in [6.07, 6.45) is 2.21. The van der Waals surface area contributed by atoms with Crippen LogP contribution in [0.2, 0.25) is 0 Å². The van der Waals surface area contributed by atoms with Gasteiger partial charge in [-0.15, -0.1) is 0 Å². The minimum Gasteiger partial charge on any atom is -0.322 e. The summed E-state index contributed by atoms with van der Waals surface area (Å²) in [6.45, 7) is 6.16. The van der Waals surface area contributed by atoms with E-state index in [1.165, 1.54) is 11.1 Å². The standard InChI is InChI=1S/C18H21NO/c1-4-5-15-7-9-16(10-8-15)19-18(20)17-11-6-13(2)12-14(17)3/h6-12H,4-5H2,1-3H3,(H,19,20). The predicted molar refractivity (Wildman–Crippen MR) is 84.3 cm³/mol. The lowest BCUT2D eigenvalue weighted by Crippen LogP contribution is -2.13. The van der Waals surface area contributed by atoms with Crippen LogP contribution in [0.1, 0.15) is 40.4 Å². The number of carbonyl (C=O) groups excluding carboxylic acids is 1. The van der Waals surface area contributed by atoms with Gasteiger partial charge < -0.3 is 5.32 Å². The van der Waals surface area contributed by atoms with Crippen LogP contribution < -0.4 is 5.32 Å². The van der Waals surface area contributed by atoms with Crippen molar-refractivity contribution in [2.75, 3.05) is 5.32 Å². The van der Waals surface area contributed by atoms with E-state index in [0.717, 1.165) is 29.7 Å². The molecule has 104 valence electrons. The Morgan fingerprint density at radius 2 is 1.75 bits per heavy atom. The van der Waals surface area contributed by atoms with Crippen LogP contribution >= 0.6 is 0 Å². The molecule has 0 unspecified atom stereocenters. The lowest BCUT2D eigenvalue weighted by Gasteiger charge is -2.09. The van der Waals surface area contributed by atoms with Gasteiger partial charge in [0, 0.05) is 11.3 Å². The number of hydrogen-bond donors (Lipinski definition) is 1. The molecule has 1 amide bonds. The molecule has 2 aromatic rings. The van der Waals surface area contributed by atoms with Crippen molar-refractivity contribution in [2.24, 2.45) is 0 Å². The third-order valence-electron chi connectivity index (χ3n) is 3.38. The van der Waals surface area contributed by atoms with Crippen LogP contribution in [0, 0.1) is 13.8 Å². The average Bonchev–Trinajstić information content (AvgIpc) is 2.41. The zero-order valence-electron chi connectivity index (χ0n) is 12.4. The zero-order valence-corrected chi connectivity index (χ0v) is 12.4. The molecule has 0 spiro atoms. The van der Waals surface area contributed by atoms with Crippen molar-refractivity contribution in [3.63, 3.8) is 0 Å². The summed E-state index contributed by atoms with van der Waals surface area (Å²) in [7, 11) is 0. The molecule has 0 aliphatic rings. The van der Waals surface area contributed by atoms with Gasteiger partial charge in [0.05, 0.1) is 0 Å². The first-order valence-electron chi connectivity index (χ1n) is 7.07. The quantitative estimate of drug-likeness (QED) is 0.867. The highest BCUT2D eigenvalue weighted by Gasteiger charge is 2.09. The first-order valence-corrected chi connectivity index (χ1v) is 7.07. The van der Waals surface area contributed by atoms with Crippen molar-refractivity contribution in [3.8, 4) is 0 Å². The number of rotatable bonds is 4. The van der Waals surface area contributed by atoms with E-state index < -0.39 is 0 Å². The highest BCUT2D eigenvalue weighted by Crippen LogP contribution is 2.15. The summed E-state index contributed by atoms with van der Waals surface area (Å²) in [5, 5.41) is 2.95. The van der Waals surface area contributed by atoms with Crippen LogP contribution in [-0.2, 0) is 6.42 Å². The first-order chi connectivity index (χ1) is 9.60. The minimum absolute atomic E-state index is 0.0502. The number of aryl methyl sites for hydroxylation is 3. The van der Waals surface area contributed by atoms with Crippen molar-refractivity contribution in [1.82, 2.24) is 0 Å². The van der Waals surface area contributed by atoms with E-state index in [9.17, 15) is 4.79 Å². The van der Waals surface area contributed by atoms with Gasteiger partial charge in [-0.1, -0.05) is 43.2 Å². The summed E-state index contributed by atoms with van der Waals surface area (Å²) in [5.41, 5.74) is 5.05. The smallest absolute Gasteiger partial charge is 0.255 e. The highest BCUT2D eigenvalue weighted by molar-refractivity contribution is 6.05. The van der Waals surface area contributed by atoms with E-state index >= 15 is 0 Å². The molecule has 0 bridgehead atoms. The van der Waals surface area contributed by atoms with Gasteiger partial charge in [-0.05, 0) is 49.6 Å². The SMILES string of the molecule is CCCc1ccc(NC(=O)c2ccc(C)cc2C)cc1. The summed E-state index contributed by atoms with van der Waals surface area (Å²) in [5.74, 6) is -0.0502. The summed E-state index contributed by atoms with van der Waals surface area (Å²) in [6, 6.07) is 13.9. The fourth-order valence-electron chi connectivity index (χ4n) is 2.31. The predicted octanol–water partition coefficient (Wildman–Crippen LogP) is 4.51.